The van der Waals surface area contributed by atoms with Crippen LogP contribution in [0, 0.1) is 12.0 Å². The number of hydrogen-bond donors (Lipinski definition) is 6. The summed E-state index contributed by atoms with van der Waals surface area (Å²) >= 11 is 3.90. The van der Waals surface area contributed by atoms with E-state index < -0.39 is 46.2 Å². The molecule has 0 saturated carbocycles. The zero-order valence-electron chi connectivity index (χ0n) is 18.7. The Bertz CT molecular complexity index is 1120. The molecule has 1 fully saturated rings. The number of nitrogen functional groups attached to an aromatic ring is 1. The van der Waals surface area contributed by atoms with E-state index in [4.69, 9.17) is 29.7 Å². The summed E-state index contributed by atoms with van der Waals surface area (Å²) in [6, 6.07) is 1.79. The summed E-state index contributed by atoms with van der Waals surface area (Å²) < 4.78 is 47.1. The molecule has 0 aliphatic carbocycles. The van der Waals surface area contributed by atoms with Crippen molar-refractivity contribution >= 4 is 40.2 Å². The summed E-state index contributed by atoms with van der Waals surface area (Å²) in [6.45, 7) is 0.124. The molecule has 1 amide bonds. The predicted molar refractivity (Wildman–Crippen MR) is 126 cm³/mol. The molecule has 1 aliphatic heterocycles. The Morgan fingerprint density at radius 2 is 2.06 bits per heavy atom. The first-order valence-corrected chi connectivity index (χ1v) is 13.9. The molecule has 1 aliphatic rings. The molecule has 1 saturated heterocycles. The van der Waals surface area contributed by atoms with Crippen molar-refractivity contribution in [1.29, 1.82) is 0 Å². The molecular formula is C17H26N4O12P2S. The van der Waals surface area contributed by atoms with Crippen molar-refractivity contribution in [3.63, 3.8) is 0 Å². The van der Waals surface area contributed by atoms with Gasteiger partial charge in [0.15, 0.2) is 0 Å². The number of nitrogens with one attached hydrogen (secondary N) is 1. The molecule has 1 aromatic heterocycles. The first-order valence-electron chi connectivity index (χ1n) is 10.3. The van der Waals surface area contributed by atoms with E-state index >= 15 is 0 Å². The fourth-order valence-electron chi connectivity index (χ4n) is 2.89. The normalized spacial score (nSPS) is 19.2. The number of amides is 1. The molecule has 0 bridgehead atoms. The molecule has 1 aromatic rings. The van der Waals surface area contributed by atoms with Gasteiger partial charge in [-0.2, -0.15) is 21.9 Å². The number of nitrogens with two attached hydrogens (primary N) is 1. The average Bonchev–Trinajstić information content (AvgIpc) is 3.23. The molecule has 6 N–H and O–H groups in total. The van der Waals surface area contributed by atoms with Crippen LogP contribution >= 0.6 is 28.3 Å². The third kappa shape index (κ3) is 11.0. The van der Waals surface area contributed by atoms with Crippen LogP contribution in [-0.2, 0) is 32.2 Å². The van der Waals surface area contributed by atoms with Gasteiger partial charge in [0.2, 0.25) is 0 Å². The third-order valence-corrected chi connectivity index (χ3v) is 6.77. The summed E-state index contributed by atoms with van der Waals surface area (Å²) in [5.41, 5.74) is 5.17. The molecule has 19 heteroatoms. The lowest BCUT2D eigenvalue weighted by Crippen LogP contribution is -2.29. The highest BCUT2D eigenvalue weighted by Crippen LogP contribution is 2.57. The molecule has 3 atom stereocenters. The van der Waals surface area contributed by atoms with E-state index in [1.165, 1.54) is 10.8 Å². The number of hydrogen-bond acceptors (Lipinski definition) is 12. The van der Waals surface area contributed by atoms with E-state index in [1.54, 1.807) is 0 Å². The van der Waals surface area contributed by atoms with Crippen molar-refractivity contribution in [2.75, 3.05) is 38.1 Å². The highest BCUT2D eigenvalue weighted by molar-refractivity contribution is 7.80. The number of carbonyl (C=O) groups excluding carboxylic acids is 1. The van der Waals surface area contributed by atoms with Crippen LogP contribution in [0.4, 0.5) is 10.6 Å². The maximum Gasteiger partial charge on any atom is 0.481 e. The maximum absolute atomic E-state index is 12.3. The summed E-state index contributed by atoms with van der Waals surface area (Å²) in [5.74, 6) is 2.71. The number of rotatable bonds is 12. The van der Waals surface area contributed by atoms with E-state index in [0.29, 0.717) is 25.4 Å². The number of aromatic nitrogens is 2. The average molecular weight is 572 g/mol. The molecule has 202 valence electrons. The van der Waals surface area contributed by atoms with Gasteiger partial charge in [0.25, 0.3) is 0 Å². The van der Waals surface area contributed by atoms with Gasteiger partial charge in [0.05, 0.1) is 43.5 Å². The van der Waals surface area contributed by atoms with Crippen LogP contribution in [0.2, 0.25) is 0 Å². The number of ether oxygens (including phenoxy) is 3. The van der Waals surface area contributed by atoms with E-state index in [2.05, 4.69) is 43.7 Å². The Kier molecular flexibility index (Phi) is 11.9. The van der Waals surface area contributed by atoms with Gasteiger partial charge in [-0.3, -0.25) is 9.09 Å². The molecule has 2 heterocycles. The largest absolute Gasteiger partial charge is 0.481 e. The van der Waals surface area contributed by atoms with Crippen LogP contribution < -0.4 is 16.7 Å². The lowest BCUT2D eigenvalue weighted by Gasteiger charge is -2.15. The third-order valence-electron chi connectivity index (χ3n) is 4.44. The lowest BCUT2D eigenvalue weighted by molar-refractivity contribution is 0.0528. The van der Waals surface area contributed by atoms with Crippen LogP contribution in [0.25, 0.3) is 0 Å². The van der Waals surface area contributed by atoms with E-state index in [0.717, 1.165) is 0 Å². The predicted octanol–water partition coefficient (Wildman–Crippen LogP) is 0.101. The zero-order valence-corrected chi connectivity index (χ0v) is 21.4. The van der Waals surface area contributed by atoms with Gasteiger partial charge < -0.3 is 34.6 Å². The number of carbonyl (C=O) groups is 1. The first-order chi connectivity index (χ1) is 16.9. The number of anilines is 1. The smallest absolute Gasteiger partial charge is 0.449 e. The highest BCUT2D eigenvalue weighted by atomic mass is 32.1. The van der Waals surface area contributed by atoms with Gasteiger partial charge in [-0.1, -0.05) is 0 Å². The van der Waals surface area contributed by atoms with Crippen molar-refractivity contribution in [3.05, 3.63) is 22.2 Å². The molecular weight excluding hydrogens is 546 g/mol. The number of unbranched alkanes of at least 4 members (excludes halogenated alkanes) is 1. The SMILES string of the molecule is Nc1nc(=O)n([C@@H]2CO[C@H](CO[P@](=O)(O)OP(=O)(O)O)C2)cc1C#CNC(=O)OCCCCOCS. The monoisotopic (exact) mass is 572 g/mol. The van der Waals surface area contributed by atoms with Crippen molar-refractivity contribution in [2.24, 2.45) is 0 Å². The molecule has 0 spiro atoms. The maximum atomic E-state index is 12.3. The van der Waals surface area contributed by atoms with Crippen molar-refractivity contribution in [3.8, 4) is 12.0 Å². The van der Waals surface area contributed by atoms with Crippen molar-refractivity contribution < 1.29 is 51.6 Å². The fourth-order valence-corrected chi connectivity index (χ4v) is 4.64. The van der Waals surface area contributed by atoms with Gasteiger partial charge in [-0.05, 0) is 25.2 Å². The number of phosphoric acid groups is 2. The van der Waals surface area contributed by atoms with Gasteiger partial charge >= 0.3 is 27.4 Å². The molecule has 0 unspecified atom stereocenters. The molecule has 16 nitrogen and oxygen atoms in total. The second-order valence-electron chi connectivity index (χ2n) is 7.17. The second-order valence-corrected chi connectivity index (χ2v) is 10.3. The highest BCUT2D eigenvalue weighted by Gasteiger charge is 2.35. The lowest BCUT2D eigenvalue weighted by atomic mass is 10.2. The second kappa shape index (κ2) is 14.1. The van der Waals surface area contributed by atoms with Gasteiger partial charge in [0, 0.05) is 18.8 Å². The molecule has 36 heavy (non-hydrogen) atoms. The standard InChI is InChI=1S/C17H26N4O12P2S/c18-15-12(3-4-19-17(23)30-6-2-1-5-29-11-36)8-21(16(22)20-15)13-7-14(31-9-13)10-32-35(27,28)33-34(24,25)26/h8,13-14,36H,1-2,5-7,9-11H2,(H,19,23)(H,27,28)(H2,18,20,22)(H2,24,25,26)/t13-,14-/m0/s1. The number of phosphoric ester groups is 1. The van der Waals surface area contributed by atoms with Crippen LogP contribution in [0.5, 0.6) is 0 Å². The van der Waals surface area contributed by atoms with Crippen LogP contribution in [0.3, 0.4) is 0 Å². The Hall–Kier alpha value is -1.96. The summed E-state index contributed by atoms with van der Waals surface area (Å²) in [5, 5.41) is 2.22. The summed E-state index contributed by atoms with van der Waals surface area (Å²) in [7, 11) is -10.3. The molecule has 2 rings (SSSR count). The van der Waals surface area contributed by atoms with E-state index in [9.17, 15) is 23.6 Å². The minimum Gasteiger partial charge on any atom is -0.449 e. The number of nitrogens with zero attached hydrogens (tertiary/aromatic N) is 2. The number of alkyl carbamates (subject to hydrolysis) is 1. The van der Waals surface area contributed by atoms with Crippen molar-refractivity contribution in [1.82, 2.24) is 14.9 Å². The first kappa shape index (κ1) is 30.3. The van der Waals surface area contributed by atoms with Crippen molar-refractivity contribution in [2.45, 2.75) is 31.4 Å². The van der Waals surface area contributed by atoms with Crippen LogP contribution in [0.1, 0.15) is 30.9 Å². The topological polar surface area (TPSA) is 231 Å². The number of thiol groups is 1. The van der Waals surface area contributed by atoms with E-state index in [-0.39, 0.29) is 31.0 Å². The summed E-state index contributed by atoms with van der Waals surface area (Å²) in [6.07, 6.45) is 1.17. The quantitative estimate of drug-likeness (QED) is 0.0487. The Morgan fingerprint density at radius 1 is 1.33 bits per heavy atom. The molecule has 0 aromatic carbocycles. The zero-order chi connectivity index (χ0) is 26.8. The minimum atomic E-state index is -5.25. The Morgan fingerprint density at radius 3 is 2.75 bits per heavy atom. The summed E-state index contributed by atoms with van der Waals surface area (Å²) in [4.78, 5) is 54.3. The Balaban J connectivity index is 1.91. The van der Waals surface area contributed by atoms with E-state index in [1.807, 2.05) is 0 Å². The van der Waals surface area contributed by atoms with Gasteiger partial charge in [-0.25, -0.2) is 24.0 Å². The molecule has 0 radical (unpaired) electrons. The van der Waals surface area contributed by atoms with Gasteiger partial charge in [0.1, 0.15) is 5.82 Å². The van der Waals surface area contributed by atoms with Gasteiger partial charge in [-0.15, -0.1) is 0 Å². The fraction of sp³-hybridized carbons (Fsp3) is 0.588. The van der Waals surface area contributed by atoms with Crippen LogP contribution in [-0.4, -0.2) is 68.8 Å². The van der Waals surface area contributed by atoms with Crippen LogP contribution in [0.15, 0.2) is 11.0 Å². The minimum absolute atomic E-state index is 0.00884. The Labute approximate surface area is 210 Å².